The fraction of sp³-hybridized carbons (Fsp3) is 0.478. The van der Waals surface area contributed by atoms with Crippen LogP contribution < -0.4 is 16.0 Å². The Hall–Kier alpha value is -3.12. The topological polar surface area (TPSA) is 152 Å². The summed E-state index contributed by atoms with van der Waals surface area (Å²) in [6, 6.07) is 6.80. The van der Waals surface area contributed by atoms with Gasteiger partial charge in [-0.15, -0.1) is 0 Å². The highest BCUT2D eigenvalue weighted by Crippen LogP contribution is 2.32. The smallest absolute Gasteiger partial charge is 0.221 e. The van der Waals surface area contributed by atoms with E-state index in [9.17, 15) is 15.0 Å². The molecule has 2 aromatic heterocycles. The number of nitrogens with two attached hydrogens (primary N) is 1. The van der Waals surface area contributed by atoms with E-state index in [1.54, 1.807) is 4.57 Å². The summed E-state index contributed by atoms with van der Waals surface area (Å²) in [4.78, 5) is 27.4. The minimum atomic E-state index is -1.13. The zero-order chi connectivity index (χ0) is 24.4. The second kappa shape index (κ2) is 10.0. The number of hydrogen-bond acceptors (Lipinski definition) is 9. The van der Waals surface area contributed by atoms with Crippen LogP contribution >= 0.6 is 0 Å². The number of hydrogen-bond donors (Lipinski definition) is 4. The number of aliphatic hydroxyl groups excluding tert-OH is 2. The lowest BCUT2D eigenvalue weighted by atomic mass is 10.0. The second-order valence-electron chi connectivity index (χ2n) is 8.90. The molecule has 0 radical (unpaired) electrons. The number of imidazole rings is 1. The van der Waals surface area contributed by atoms with Gasteiger partial charge in [-0.3, -0.25) is 9.36 Å². The van der Waals surface area contributed by atoms with Crippen molar-refractivity contribution in [3.05, 3.63) is 48.0 Å². The minimum absolute atomic E-state index is 0.0767. The third-order valence-corrected chi connectivity index (χ3v) is 5.99. The predicted molar refractivity (Wildman–Crippen MR) is 126 cm³/mol. The molecule has 1 aliphatic rings. The van der Waals surface area contributed by atoms with Gasteiger partial charge in [0.25, 0.3) is 0 Å². The Bertz CT molecular complexity index is 1130. The Kier molecular flexibility index (Phi) is 7.08. The third kappa shape index (κ3) is 4.87. The van der Waals surface area contributed by atoms with Crippen molar-refractivity contribution in [1.82, 2.24) is 24.8 Å². The molecular weight excluding hydrogens is 438 g/mol. The molecule has 3 heterocycles. The molecule has 4 rings (SSSR count). The summed E-state index contributed by atoms with van der Waals surface area (Å²) in [6.07, 6.45) is 0.727. The molecule has 5 atom stereocenters. The maximum Gasteiger partial charge on any atom is 0.221 e. The van der Waals surface area contributed by atoms with E-state index in [0.29, 0.717) is 23.4 Å². The number of nitrogens with zero attached hydrogens (tertiary/aromatic N) is 5. The molecular formula is C23H31N7O4. The van der Waals surface area contributed by atoms with Gasteiger partial charge in [-0.1, -0.05) is 29.8 Å². The highest BCUT2D eigenvalue weighted by atomic mass is 16.5. The molecule has 0 spiro atoms. The summed E-state index contributed by atoms with van der Waals surface area (Å²) in [7, 11) is 3.69. The van der Waals surface area contributed by atoms with Crippen molar-refractivity contribution in [2.75, 3.05) is 25.6 Å². The molecule has 34 heavy (non-hydrogen) atoms. The molecule has 0 aliphatic carbocycles. The van der Waals surface area contributed by atoms with Crippen LogP contribution in [-0.2, 0) is 16.0 Å². The van der Waals surface area contributed by atoms with Gasteiger partial charge in [-0.2, -0.15) is 0 Å². The number of amides is 1. The van der Waals surface area contributed by atoms with E-state index in [4.69, 9.17) is 10.5 Å². The van der Waals surface area contributed by atoms with Crippen molar-refractivity contribution < 1.29 is 19.7 Å². The molecule has 11 nitrogen and oxygen atoms in total. The average Bonchev–Trinajstić information content (AvgIpc) is 3.36. The van der Waals surface area contributed by atoms with Crippen LogP contribution in [0.15, 0.2) is 36.9 Å². The third-order valence-electron chi connectivity index (χ3n) is 5.99. The Morgan fingerprint density at radius 3 is 2.68 bits per heavy atom. The van der Waals surface area contributed by atoms with Crippen LogP contribution in [-0.4, -0.2) is 80.6 Å². The van der Waals surface area contributed by atoms with E-state index < -0.39 is 24.5 Å². The van der Waals surface area contributed by atoms with E-state index in [1.165, 1.54) is 12.7 Å². The quantitative estimate of drug-likeness (QED) is 0.354. The summed E-state index contributed by atoms with van der Waals surface area (Å²) in [5.74, 6) is 0.307. The van der Waals surface area contributed by atoms with Gasteiger partial charge in [0.05, 0.1) is 19.0 Å². The van der Waals surface area contributed by atoms with Gasteiger partial charge in [0.1, 0.15) is 18.5 Å². The van der Waals surface area contributed by atoms with Gasteiger partial charge in [0, 0.05) is 26.6 Å². The summed E-state index contributed by atoms with van der Waals surface area (Å²) in [5, 5.41) is 23.7. The number of ether oxygens (including phenoxy) is 1. The summed E-state index contributed by atoms with van der Waals surface area (Å²) in [6.45, 7) is 1.64. The Morgan fingerprint density at radius 2 is 2.00 bits per heavy atom. The minimum Gasteiger partial charge on any atom is -0.394 e. The number of rotatable bonds is 8. The number of fused-ring (bicyclic) bond motifs is 1. The van der Waals surface area contributed by atoms with E-state index in [2.05, 4.69) is 20.3 Å². The normalized spacial score (nSPS) is 23.2. The first-order valence-corrected chi connectivity index (χ1v) is 11.2. The van der Waals surface area contributed by atoms with Crippen molar-refractivity contribution >= 4 is 22.9 Å². The monoisotopic (exact) mass is 469 g/mol. The van der Waals surface area contributed by atoms with Gasteiger partial charge >= 0.3 is 0 Å². The first-order valence-electron chi connectivity index (χ1n) is 11.2. The van der Waals surface area contributed by atoms with Gasteiger partial charge < -0.3 is 30.9 Å². The van der Waals surface area contributed by atoms with Crippen LogP contribution in [0.3, 0.4) is 0 Å². The largest absolute Gasteiger partial charge is 0.394 e. The Morgan fingerprint density at radius 1 is 1.26 bits per heavy atom. The van der Waals surface area contributed by atoms with Gasteiger partial charge in [-0.25, -0.2) is 15.0 Å². The van der Waals surface area contributed by atoms with Crippen LogP contribution in [0.1, 0.15) is 23.8 Å². The first kappa shape index (κ1) is 24.0. The number of carbonyl (C=O) groups is 1. The van der Waals surface area contributed by atoms with Crippen molar-refractivity contribution in [2.24, 2.45) is 5.73 Å². The van der Waals surface area contributed by atoms with Gasteiger partial charge in [-0.05, 0) is 18.9 Å². The number of anilines is 1. The standard InChI is InChI=1S/C23H31N7O4/c1-13-4-6-14(7-5-13)8-15(24)9-17(32)28-18-16(10-31)34-23(20(18)33)30-12-27-19-21(29(2)3)25-11-26-22(19)30/h4-7,11-12,15-16,18,20,23,31,33H,8-10,24H2,1-3H3,(H,28,32)/t15?,16?,18?,20?,23-/m0/s1. The maximum atomic E-state index is 12.7. The lowest BCUT2D eigenvalue weighted by molar-refractivity contribution is -0.123. The number of aryl methyl sites for hydroxylation is 1. The second-order valence-corrected chi connectivity index (χ2v) is 8.90. The molecule has 3 aromatic rings. The summed E-state index contributed by atoms with van der Waals surface area (Å²) in [5.41, 5.74) is 9.43. The highest BCUT2D eigenvalue weighted by Gasteiger charge is 2.45. The lowest BCUT2D eigenvalue weighted by Crippen LogP contribution is -2.49. The van der Waals surface area contributed by atoms with Crippen molar-refractivity contribution in [1.29, 1.82) is 0 Å². The average molecular weight is 470 g/mol. The number of nitrogens with one attached hydrogen (secondary N) is 1. The van der Waals surface area contributed by atoms with E-state index in [1.807, 2.05) is 50.2 Å². The number of aromatic nitrogens is 4. The fourth-order valence-electron chi connectivity index (χ4n) is 4.24. The zero-order valence-corrected chi connectivity index (χ0v) is 19.5. The van der Waals surface area contributed by atoms with Crippen molar-refractivity contribution in [2.45, 2.75) is 50.3 Å². The SMILES string of the molecule is Cc1ccc(CC(N)CC(=O)NC2C(CO)O[C@H](n3cnc4c(N(C)C)ncnc43)C2O)cc1. The molecule has 182 valence electrons. The molecule has 0 bridgehead atoms. The molecule has 5 N–H and O–H groups in total. The molecule has 4 unspecified atom stereocenters. The Balaban J connectivity index is 1.45. The van der Waals surface area contributed by atoms with Crippen molar-refractivity contribution in [3.63, 3.8) is 0 Å². The molecule has 1 saturated heterocycles. The molecule has 11 heteroatoms. The maximum absolute atomic E-state index is 12.7. The summed E-state index contributed by atoms with van der Waals surface area (Å²) >= 11 is 0. The van der Waals surface area contributed by atoms with Crippen LogP contribution in [0.4, 0.5) is 5.82 Å². The van der Waals surface area contributed by atoms with E-state index >= 15 is 0 Å². The van der Waals surface area contributed by atoms with Crippen molar-refractivity contribution in [3.8, 4) is 0 Å². The van der Waals surface area contributed by atoms with Crippen LogP contribution in [0.5, 0.6) is 0 Å². The predicted octanol–water partition coefficient (Wildman–Crippen LogP) is -0.104. The fourth-order valence-corrected chi connectivity index (χ4v) is 4.24. The first-order chi connectivity index (χ1) is 16.3. The summed E-state index contributed by atoms with van der Waals surface area (Å²) < 4.78 is 7.49. The number of benzene rings is 1. The van der Waals surface area contributed by atoms with E-state index in [-0.39, 0.29) is 25.0 Å². The Labute approximate surface area is 197 Å². The number of carbonyl (C=O) groups excluding carboxylic acids is 1. The van der Waals surface area contributed by atoms with E-state index in [0.717, 1.165) is 11.1 Å². The molecule has 1 amide bonds. The van der Waals surface area contributed by atoms with Gasteiger partial charge in [0.15, 0.2) is 23.2 Å². The molecule has 1 fully saturated rings. The zero-order valence-electron chi connectivity index (χ0n) is 19.5. The van der Waals surface area contributed by atoms with Gasteiger partial charge in [0.2, 0.25) is 5.91 Å². The molecule has 0 saturated carbocycles. The highest BCUT2D eigenvalue weighted by molar-refractivity contribution is 5.83. The van der Waals surface area contributed by atoms with Crippen LogP contribution in [0.25, 0.3) is 11.2 Å². The lowest BCUT2D eigenvalue weighted by Gasteiger charge is -2.22. The molecule has 1 aliphatic heterocycles. The molecule has 1 aromatic carbocycles. The van der Waals surface area contributed by atoms with Crippen LogP contribution in [0, 0.1) is 6.92 Å². The number of aliphatic hydroxyl groups is 2. The van der Waals surface area contributed by atoms with Crippen LogP contribution in [0.2, 0.25) is 0 Å².